The Morgan fingerprint density at radius 3 is 2.21 bits per heavy atom. The van der Waals surface area contributed by atoms with Crippen molar-refractivity contribution in [3.8, 4) is 16.9 Å². The van der Waals surface area contributed by atoms with E-state index in [1.165, 1.54) is 0 Å². The summed E-state index contributed by atoms with van der Waals surface area (Å²) in [6, 6.07) is 15.8. The maximum Gasteiger partial charge on any atom is 0.277 e. The normalized spacial score (nSPS) is 18.5. The lowest BCUT2D eigenvalue weighted by molar-refractivity contribution is 0.282. The number of unbranched alkanes of at least 4 members (excludes halogenated alkanes) is 5. The minimum Gasteiger partial charge on any atom is -0.439 e. The van der Waals surface area contributed by atoms with Gasteiger partial charge in [0, 0.05) is 18.3 Å². The highest BCUT2D eigenvalue weighted by molar-refractivity contribution is 7.67. The van der Waals surface area contributed by atoms with E-state index in [-0.39, 0.29) is 6.61 Å². The third-order valence-corrected chi connectivity index (χ3v) is 7.08. The van der Waals surface area contributed by atoms with Gasteiger partial charge >= 0.3 is 0 Å². The predicted octanol–water partition coefficient (Wildman–Crippen LogP) is 4.98. The quantitative estimate of drug-likeness (QED) is 0.542. The largest absolute Gasteiger partial charge is 0.439 e. The van der Waals surface area contributed by atoms with Gasteiger partial charge in [-0.25, -0.2) is 0 Å². The third kappa shape index (κ3) is 3.74. The van der Waals surface area contributed by atoms with Crippen LogP contribution in [0.25, 0.3) is 11.1 Å². The monoisotopic (exact) mass is 344 g/mol. The van der Waals surface area contributed by atoms with Crippen LogP contribution in [0.2, 0.25) is 0 Å². The number of para-hydroxylation sites is 1. The molecule has 1 aliphatic heterocycles. The molecule has 3 nitrogen and oxygen atoms in total. The fourth-order valence-electron chi connectivity index (χ4n) is 3.28. The fourth-order valence-corrected chi connectivity index (χ4v) is 5.70. The molecule has 0 radical (unpaired) electrons. The summed E-state index contributed by atoms with van der Waals surface area (Å²) in [7, 11) is -2.84. The molecule has 1 atom stereocenters. The number of fused-ring (bicyclic) bond motifs is 3. The van der Waals surface area contributed by atoms with Crippen molar-refractivity contribution in [2.24, 2.45) is 0 Å². The molecule has 1 N–H and O–H groups in total. The van der Waals surface area contributed by atoms with Crippen LogP contribution in [0.1, 0.15) is 38.5 Å². The summed E-state index contributed by atoms with van der Waals surface area (Å²) in [6.45, 7) is 0.277. The summed E-state index contributed by atoms with van der Waals surface area (Å²) in [5, 5.41) is 9.66. The van der Waals surface area contributed by atoms with Crippen LogP contribution in [-0.2, 0) is 4.57 Å². The summed E-state index contributed by atoms with van der Waals surface area (Å²) in [5.41, 5.74) is 2.08. The summed E-state index contributed by atoms with van der Waals surface area (Å²) in [6.07, 6.45) is 6.77. The van der Waals surface area contributed by atoms with E-state index in [4.69, 9.17) is 9.63 Å². The highest BCUT2D eigenvalue weighted by Crippen LogP contribution is 2.54. The van der Waals surface area contributed by atoms with Crippen molar-refractivity contribution in [2.75, 3.05) is 12.8 Å². The Balaban J connectivity index is 1.69. The van der Waals surface area contributed by atoms with Crippen LogP contribution in [0, 0.1) is 0 Å². The molecule has 0 bridgehead atoms. The van der Waals surface area contributed by atoms with Crippen molar-refractivity contribution in [3.05, 3.63) is 48.5 Å². The summed E-state index contributed by atoms with van der Waals surface area (Å²) in [5.74, 6) is 0.738. The molecule has 0 amide bonds. The van der Waals surface area contributed by atoms with Crippen molar-refractivity contribution in [2.45, 2.75) is 38.5 Å². The van der Waals surface area contributed by atoms with Crippen molar-refractivity contribution in [1.29, 1.82) is 0 Å². The lowest BCUT2D eigenvalue weighted by Crippen LogP contribution is -2.19. The molecular formula is C20H25O3P. The molecule has 1 heterocycles. The maximum atomic E-state index is 13.5. The maximum absolute atomic E-state index is 13.5. The third-order valence-electron chi connectivity index (χ3n) is 4.55. The van der Waals surface area contributed by atoms with Crippen molar-refractivity contribution in [3.63, 3.8) is 0 Å². The lowest BCUT2D eigenvalue weighted by atomic mass is 10.0. The van der Waals surface area contributed by atoms with Crippen molar-refractivity contribution in [1.82, 2.24) is 0 Å². The standard InChI is InChI=1S/C20H25O3P/c21-15-9-3-1-2-4-10-16-24(22)20-14-8-6-12-18(20)17-11-5-7-13-19(17)23-24/h5-8,11-14,21H,1-4,9-10,15-16H2. The van der Waals surface area contributed by atoms with Crippen LogP contribution < -0.4 is 9.83 Å². The summed E-state index contributed by atoms with van der Waals surface area (Å²) in [4.78, 5) is 0. The molecule has 0 saturated heterocycles. The zero-order valence-electron chi connectivity index (χ0n) is 14.0. The van der Waals surface area contributed by atoms with Gasteiger partial charge in [-0.1, -0.05) is 62.1 Å². The van der Waals surface area contributed by atoms with Crippen LogP contribution in [0.3, 0.4) is 0 Å². The van der Waals surface area contributed by atoms with E-state index < -0.39 is 7.37 Å². The number of rotatable bonds is 8. The molecule has 2 aromatic rings. The number of hydrogen-bond acceptors (Lipinski definition) is 3. The number of benzene rings is 2. The molecule has 2 aromatic carbocycles. The SMILES string of the molecule is O=P1(CCCCCCCCO)Oc2ccccc2-c2ccccc21. The van der Waals surface area contributed by atoms with Gasteiger partial charge in [0.25, 0.3) is 7.37 Å². The molecule has 0 spiro atoms. The van der Waals surface area contributed by atoms with Crippen LogP contribution >= 0.6 is 7.37 Å². The Kier molecular flexibility index (Phi) is 5.76. The van der Waals surface area contributed by atoms with Crippen LogP contribution in [0.15, 0.2) is 48.5 Å². The van der Waals surface area contributed by atoms with E-state index >= 15 is 0 Å². The minimum atomic E-state index is -2.84. The second-order valence-corrected chi connectivity index (χ2v) is 8.80. The Labute approximate surface area is 144 Å². The summed E-state index contributed by atoms with van der Waals surface area (Å²) >= 11 is 0. The van der Waals surface area contributed by atoms with Gasteiger partial charge in [-0.05, 0) is 30.5 Å². The first-order valence-corrected chi connectivity index (χ1v) is 10.6. The van der Waals surface area contributed by atoms with Gasteiger partial charge in [-0.2, -0.15) is 0 Å². The van der Waals surface area contributed by atoms with E-state index in [1.807, 2.05) is 48.5 Å². The van der Waals surface area contributed by atoms with E-state index in [0.717, 1.165) is 60.7 Å². The van der Waals surface area contributed by atoms with Crippen LogP contribution in [0.5, 0.6) is 5.75 Å². The van der Waals surface area contributed by atoms with Gasteiger partial charge in [-0.3, -0.25) is 4.57 Å². The van der Waals surface area contributed by atoms with Gasteiger partial charge in [0.1, 0.15) is 5.75 Å². The Hall–Kier alpha value is -1.57. The highest BCUT2D eigenvalue weighted by Gasteiger charge is 2.34. The Bertz CT molecular complexity index is 726. The Morgan fingerprint density at radius 1 is 0.792 bits per heavy atom. The minimum absolute atomic E-state index is 0.277. The Morgan fingerprint density at radius 2 is 1.42 bits per heavy atom. The van der Waals surface area contributed by atoms with Gasteiger partial charge in [0.2, 0.25) is 0 Å². The predicted molar refractivity (Wildman–Crippen MR) is 99.4 cm³/mol. The molecule has 1 aliphatic rings. The molecule has 3 rings (SSSR count). The highest BCUT2D eigenvalue weighted by atomic mass is 31.2. The molecule has 0 aliphatic carbocycles. The zero-order chi connectivity index (χ0) is 16.8. The summed E-state index contributed by atoms with van der Waals surface area (Å²) < 4.78 is 19.5. The number of aliphatic hydroxyl groups is 1. The second-order valence-electron chi connectivity index (χ2n) is 6.35. The first-order chi connectivity index (χ1) is 11.7. The van der Waals surface area contributed by atoms with Crippen molar-refractivity contribution < 1.29 is 14.2 Å². The molecule has 0 aromatic heterocycles. The molecule has 4 heteroatoms. The molecule has 128 valence electrons. The average molecular weight is 344 g/mol. The topological polar surface area (TPSA) is 46.5 Å². The first-order valence-electron chi connectivity index (χ1n) is 8.83. The van der Waals surface area contributed by atoms with E-state index in [9.17, 15) is 4.57 Å². The smallest absolute Gasteiger partial charge is 0.277 e. The van der Waals surface area contributed by atoms with E-state index in [1.54, 1.807) is 0 Å². The number of aliphatic hydroxyl groups excluding tert-OH is 1. The number of hydrogen-bond donors (Lipinski definition) is 1. The van der Waals surface area contributed by atoms with E-state index in [2.05, 4.69) is 0 Å². The van der Waals surface area contributed by atoms with Gasteiger partial charge < -0.3 is 9.63 Å². The van der Waals surface area contributed by atoms with Crippen LogP contribution in [0.4, 0.5) is 0 Å². The first kappa shape index (κ1) is 17.3. The van der Waals surface area contributed by atoms with Gasteiger partial charge in [0.15, 0.2) is 0 Å². The molecule has 1 unspecified atom stereocenters. The average Bonchev–Trinajstić information content (AvgIpc) is 2.61. The van der Waals surface area contributed by atoms with Gasteiger partial charge in [0.05, 0.1) is 5.30 Å². The van der Waals surface area contributed by atoms with Gasteiger partial charge in [-0.15, -0.1) is 0 Å². The van der Waals surface area contributed by atoms with Crippen molar-refractivity contribution >= 4 is 12.7 Å². The fraction of sp³-hybridized carbons (Fsp3) is 0.400. The van der Waals surface area contributed by atoms with Crippen LogP contribution in [-0.4, -0.2) is 17.9 Å². The zero-order valence-corrected chi connectivity index (χ0v) is 14.9. The van der Waals surface area contributed by atoms with E-state index in [0.29, 0.717) is 6.16 Å². The molecule has 0 fully saturated rings. The molecular weight excluding hydrogens is 319 g/mol. The molecule has 24 heavy (non-hydrogen) atoms. The molecule has 0 saturated carbocycles. The second kappa shape index (κ2) is 8.00. The lowest BCUT2D eigenvalue weighted by Gasteiger charge is -2.28.